The highest BCUT2D eigenvalue weighted by Gasteiger charge is 2.54. The van der Waals surface area contributed by atoms with Crippen LogP contribution in [0.15, 0.2) is 43.1 Å². The van der Waals surface area contributed by atoms with Gasteiger partial charge in [0.15, 0.2) is 10.7 Å². The first-order valence-electron chi connectivity index (χ1n) is 6.82. The molecule has 7 nitrogen and oxygen atoms in total. The minimum atomic E-state index is -0.649. The standard InChI is InChI=1S/C14H12N6OS/c21-12(14(3-4-14)20-17-6-7-18-20)19-13-16-9-11(22-13)10-2-1-5-15-8-10/h1-2,5-9H,3-4H2,(H,16,19,21). The van der Waals surface area contributed by atoms with Gasteiger partial charge in [0, 0.05) is 24.2 Å². The summed E-state index contributed by atoms with van der Waals surface area (Å²) in [5.74, 6) is -0.115. The number of hydrogen-bond donors (Lipinski definition) is 1. The van der Waals surface area contributed by atoms with Crippen LogP contribution in [-0.2, 0) is 10.3 Å². The van der Waals surface area contributed by atoms with Crippen molar-refractivity contribution >= 4 is 22.4 Å². The average molecular weight is 312 g/mol. The van der Waals surface area contributed by atoms with Crippen LogP contribution in [0.3, 0.4) is 0 Å². The van der Waals surface area contributed by atoms with Crippen LogP contribution in [0.4, 0.5) is 5.13 Å². The molecule has 1 amide bonds. The number of hydrogen-bond acceptors (Lipinski definition) is 6. The molecule has 0 bridgehead atoms. The first-order valence-corrected chi connectivity index (χ1v) is 7.64. The zero-order valence-corrected chi connectivity index (χ0v) is 12.3. The number of carbonyl (C=O) groups excluding carboxylic acids is 1. The third-order valence-electron chi connectivity index (χ3n) is 3.62. The van der Waals surface area contributed by atoms with Gasteiger partial charge in [-0.3, -0.25) is 15.1 Å². The zero-order chi connectivity index (χ0) is 15.0. The molecule has 0 spiro atoms. The Bertz CT molecular complexity index is 794. The number of rotatable bonds is 4. The molecule has 3 aromatic heterocycles. The van der Waals surface area contributed by atoms with Crippen molar-refractivity contribution in [3.63, 3.8) is 0 Å². The van der Waals surface area contributed by atoms with E-state index in [1.54, 1.807) is 31.0 Å². The fourth-order valence-corrected chi connectivity index (χ4v) is 3.06. The second-order valence-electron chi connectivity index (χ2n) is 5.08. The van der Waals surface area contributed by atoms with Gasteiger partial charge in [-0.25, -0.2) is 4.98 Å². The molecule has 0 aliphatic heterocycles. The highest BCUT2D eigenvalue weighted by Crippen LogP contribution is 2.43. The number of nitrogens with zero attached hydrogens (tertiary/aromatic N) is 5. The lowest BCUT2D eigenvalue weighted by atomic mass is 10.2. The van der Waals surface area contributed by atoms with Gasteiger partial charge in [-0.1, -0.05) is 17.4 Å². The smallest absolute Gasteiger partial charge is 0.256 e. The molecule has 3 heterocycles. The Labute approximate surface area is 130 Å². The number of amides is 1. The van der Waals surface area contributed by atoms with Crippen molar-refractivity contribution in [2.24, 2.45) is 0 Å². The number of anilines is 1. The Balaban J connectivity index is 1.53. The van der Waals surface area contributed by atoms with Crippen molar-refractivity contribution in [2.75, 3.05) is 5.32 Å². The van der Waals surface area contributed by atoms with E-state index in [4.69, 9.17) is 0 Å². The maximum atomic E-state index is 12.5. The normalized spacial score (nSPS) is 15.5. The van der Waals surface area contributed by atoms with Crippen LogP contribution in [0.1, 0.15) is 12.8 Å². The molecule has 0 atom stereocenters. The third-order valence-corrected chi connectivity index (χ3v) is 4.58. The molecule has 0 saturated heterocycles. The Hall–Kier alpha value is -2.61. The summed E-state index contributed by atoms with van der Waals surface area (Å²) in [6.45, 7) is 0. The summed E-state index contributed by atoms with van der Waals surface area (Å²) in [6.07, 6.45) is 9.89. The van der Waals surface area contributed by atoms with Crippen LogP contribution in [-0.4, -0.2) is 30.9 Å². The highest BCUT2D eigenvalue weighted by atomic mass is 32.1. The molecule has 0 unspecified atom stereocenters. The van der Waals surface area contributed by atoms with Crippen molar-refractivity contribution in [1.82, 2.24) is 25.0 Å². The Morgan fingerprint density at radius 1 is 1.23 bits per heavy atom. The van der Waals surface area contributed by atoms with Crippen LogP contribution in [0.2, 0.25) is 0 Å². The molecular weight excluding hydrogens is 300 g/mol. The van der Waals surface area contributed by atoms with Crippen molar-refractivity contribution in [2.45, 2.75) is 18.4 Å². The summed E-state index contributed by atoms with van der Waals surface area (Å²) in [6, 6.07) is 3.83. The molecule has 1 aliphatic carbocycles. The fraction of sp³-hybridized carbons (Fsp3) is 0.214. The molecule has 1 aliphatic rings. The van der Waals surface area contributed by atoms with E-state index in [9.17, 15) is 4.79 Å². The summed E-state index contributed by atoms with van der Waals surface area (Å²) in [5.41, 5.74) is 0.333. The van der Waals surface area contributed by atoms with Gasteiger partial charge in [0.1, 0.15) is 0 Å². The van der Waals surface area contributed by atoms with Crippen molar-refractivity contribution in [1.29, 1.82) is 0 Å². The topological polar surface area (TPSA) is 85.6 Å². The first kappa shape index (κ1) is 13.1. The number of nitrogens with one attached hydrogen (secondary N) is 1. The largest absolute Gasteiger partial charge is 0.300 e. The van der Waals surface area contributed by atoms with Gasteiger partial charge in [0.25, 0.3) is 5.91 Å². The van der Waals surface area contributed by atoms with Crippen LogP contribution in [0.5, 0.6) is 0 Å². The van der Waals surface area contributed by atoms with E-state index in [2.05, 4.69) is 25.5 Å². The Kier molecular flexibility index (Phi) is 2.97. The van der Waals surface area contributed by atoms with E-state index in [0.717, 1.165) is 23.3 Å². The van der Waals surface area contributed by atoms with E-state index in [-0.39, 0.29) is 5.91 Å². The number of thiazole rings is 1. The van der Waals surface area contributed by atoms with E-state index >= 15 is 0 Å². The number of pyridine rings is 1. The maximum Gasteiger partial charge on any atom is 0.256 e. The van der Waals surface area contributed by atoms with Gasteiger partial charge in [0.05, 0.1) is 17.3 Å². The summed E-state index contributed by atoms with van der Waals surface area (Å²) < 4.78 is 0. The van der Waals surface area contributed by atoms with E-state index in [1.165, 1.54) is 16.1 Å². The summed E-state index contributed by atoms with van der Waals surface area (Å²) in [5, 5.41) is 11.6. The van der Waals surface area contributed by atoms with Gasteiger partial charge in [-0.15, -0.1) is 0 Å². The first-order chi connectivity index (χ1) is 10.8. The Morgan fingerprint density at radius 2 is 2.05 bits per heavy atom. The minimum Gasteiger partial charge on any atom is -0.300 e. The molecule has 22 heavy (non-hydrogen) atoms. The van der Waals surface area contributed by atoms with E-state index in [1.807, 2.05) is 12.1 Å². The molecular formula is C14H12N6OS. The molecule has 1 saturated carbocycles. The predicted molar refractivity (Wildman–Crippen MR) is 81.2 cm³/mol. The molecule has 1 fully saturated rings. The van der Waals surface area contributed by atoms with Gasteiger partial charge in [0.2, 0.25) is 0 Å². The lowest BCUT2D eigenvalue weighted by Gasteiger charge is -2.12. The van der Waals surface area contributed by atoms with Crippen LogP contribution in [0, 0.1) is 0 Å². The Morgan fingerprint density at radius 3 is 2.73 bits per heavy atom. The lowest BCUT2D eigenvalue weighted by molar-refractivity contribution is -0.121. The second kappa shape index (κ2) is 4.99. The van der Waals surface area contributed by atoms with Gasteiger partial charge >= 0.3 is 0 Å². The summed E-state index contributed by atoms with van der Waals surface area (Å²) in [4.78, 5) is 23.3. The quantitative estimate of drug-likeness (QED) is 0.795. The lowest BCUT2D eigenvalue weighted by Crippen LogP contribution is -2.34. The van der Waals surface area contributed by atoms with Gasteiger partial charge in [-0.2, -0.15) is 15.0 Å². The molecule has 4 rings (SSSR count). The van der Waals surface area contributed by atoms with Gasteiger partial charge < -0.3 is 0 Å². The number of aromatic nitrogens is 5. The molecule has 8 heteroatoms. The van der Waals surface area contributed by atoms with Crippen molar-refractivity contribution in [3.05, 3.63) is 43.1 Å². The van der Waals surface area contributed by atoms with Crippen LogP contribution >= 0.6 is 11.3 Å². The molecule has 0 aromatic carbocycles. The zero-order valence-electron chi connectivity index (χ0n) is 11.5. The van der Waals surface area contributed by atoms with E-state index < -0.39 is 5.54 Å². The van der Waals surface area contributed by atoms with Crippen LogP contribution in [0.25, 0.3) is 10.4 Å². The van der Waals surface area contributed by atoms with Crippen molar-refractivity contribution < 1.29 is 4.79 Å². The SMILES string of the molecule is O=C(Nc1ncc(-c2cccnc2)s1)C1(n2nccn2)CC1. The second-order valence-corrected chi connectivity index (χ2v) is 6.11. The summed E-state index contributed by atoms with van der Waals surface area (Å²) in [7, 11) is 0. The van der Waals surface area contributed by atoms with Gasteiger partial charge in [-0.05, 0) is 18.9 Å². The minimum absolute atomic E-state index is 0.115. The molecule has 0 radical (unpaired) electrons. The maximum absolute atomic E-state index is 12.5. The fourth-order valence-electron chi connectivity index (χ4n) is 2.26. The monoisotopic (exact) mass is 312 g/mol. The van der Waals surface area contributed by atoms with Crippen molar-refractivity contribution in [3.8, 4) is 10.4 Å². The average Bonchev–Trinajstić information content (AvgIpc) is 2.99. The van der Waals surface area contributed by atoms with E-state index in [0.29, 0.717) is 5.13 Å². The number of carbonyl (C=O) groups is 1. The molecule has 3 aromatic rings. The molecule has 110 valence electrons. The third kappa shape index (κ3) is 2.17. The highest BCUT2D eigenvalue weighted by molar-refractivity contribution is 7.19. The summed E-state index contributed by atoms with van der Waals surface area (Å²) >= 11 is 1.42. The van der Waals surface area contributed by atoms with Crippen LogP contribution < -0.4 is 5.32 Å². The molecule has 1 N–H and O–H groups in total. The predicted octanol–water partition coefficient (Wildman–Crippen LogP) is 1.92.